The minimum atomic E-state index is -0.960. The Morgan fingerprint density at radius 2 is 1.71 bits per heavy atom. The third kappa shape index (κ3) is 6.34. The monoisotopic (exact) mass is 366 g/mol. The molecule has 2 aromatic carbocycles. The SMILES string of the molecule is O=C(O)c1ccc(CS(=O)CCCCOc2ccc(Cl)cc2)cc1. The summed E-state index contributed by atoms with van der Waals surface area (Å²) >= 11 is 5.80. The molecule has 0 fully saturated rings. The van der Waals surface area contributed by atoms with Gasteiger partial charge in [-0.25, -0.2) is 4.79 Å². The van der Waals surface area contributed by atoms with Crippen molar-refractivity contribution in [1.29, 1.82) is 0 Å². The lowest BCUT2D eigenvalue weighted by atomic mass is 10.1. The zero-order chi connectivity index (χ0) is 17.4. The van der Waals surface area contributed by atoms with Gasteiger partial charge < -0.3 is 9.84 Å². The summed E-state index contributed by atoms with van der Waals surface area (Å²) in [6.45, 7) is 0.576. The number of ether oxygens (including phenoxy) is 1. The predicted molar refractivity (Wildman–Crippen MR) is 96.3 cm³/mol. The molecule has 24 heavy (non-hydrogen) atoms. The molecule has 0 aromatic heterocycles. The first kappa shape index (κ1) is 18.5. The van der Waals surface area contributed by atoms with Crippen molar-refractivity contribution in [3.8, 4) is 5.75 Å². The Morgan fingerprint density at radius 3 is 2.33 bits per heavy atom. The topological polar surface area (TPSA) is 63.6 Å². The highest BCUT2D eigenvalue weighted by atomic mass is 35.5. The van der Waals surface area contributed by atoms with Gasteiger partial charge in [0.1, 0.15) is 5.75 Å². The summed E-state index contributed by atoms with van der Waals surface area (Å²) in [5.41, 5.74) is 1.12. The molecule has 0 amide bonds. The van der Waals surface area contributed by atoms with Gasteiger partial charge in [-0.05, 0) is 54.8 Å². The molecule has 2 rings (SSSR count). The quantitative estimate of drug-likeness (QED) is 0.677. The van der Waals surface area contributed by atoms with Crippen molar-refractivity contribution in [3.63, 3.8) is 0 Å². The van der Waals surface area contributed by atoms with Crippen molar-refractivity contribution in [1.82, 2.24) is 0 Å². The normalized spacial score (nSPS) is 11.9. The maximum Gasteiger partial charge on any atom is 0.335 e. The number of unbranched alkanes of at least 4 members (excludes halogenated alkanes) is 1. The van der Waals surface area contributed by atoms with Gasteiger partial charge in [-0.1, -0.05) is 23.7 Å². The third-order valence-electron chi connectivity index (χ3n) is 3.38. The second-order valence-electron chi connectivity index (χ2n) is 5.30. The average Bonchev–Trinajstić information content (AvgIpc) is 2.56. The standard InChI is InChI=1S/C18H19ClO4S/c19-16-7-9-17(10-8-16)23-11-1-2-12-24(22)13-14-3-5-15(6-4-14)18(20)21/h3-10H,1-2,11-13H2,(H,20,21). The molecule has 128 valence electrons. The molecule has 6 heteroatoms. The zero-order valence-corrected chi connectivity index (χ0v) is 14.7. The molecular formula is C18H19ClO4S. The summed E-state index contributed by atoms with van der Waals surface area (Å²) < 4.78 is 17.6. The summed E-state index contributed by atoms with van der Waals surface area (Å²) in [4.78, 5) is 10.8. The number of aromatic carboxylic acids is 1. The van der Waals surface area contributed by atoms with E-state index in [0.29, 0.717) is 23.1 Å². The maximum atomic E-state index is 12.0. The number of hydrogen-bond donors (Lipinski definition) is 1. The van der Waals surface area contributed by atoms with E-state index in [9.17, 15) is 9.00 Å². The summed E-state index contributed by atoms with van der Waals surface area (Å²) in [5, 5.41) is 9.52. The van der Waals surface area contributed by atoms with E-state index in [1.54, 1.807) is 24.3 Å². The first-order chi connectivity index (χ1) is 11.5. The molecule has 0 aliphatic heterocycles. The molecule has 1 unspecified atom stereocenters. The van der Waals surface area contributed by atoms with Gasteiger partial charge in [0.15, 0.2) is 0 Å². The zero-order valence-electron chi connectivity index (χ0n) is 13.1. The Morgan fingerprint density at radius 1 is 1.04 bits per heavy atom. The van der Waals surface area contributed by atoms with Gasteiger partial charge in [-0.2, -0.15) is 0 Å². The van der Waals surface area contributed by atoms with Crippen molar-refractivity contribution in [2.24, 2.45) is 0 Å². The Hall–Kier alpha value is -1.85. The first-order valence-electron chi connectivity index (χ1n) is 7.60. The third-order valence-corrected chi connectivity index (χ3v) is 5.03. The van der Waals surface area contributed by atoms with E-state index < -0.39 is 16.8 Å². The molecule has 0 heterocycles. The molecule has 1 N–H and O–H groups in total. The number of hydrogen-bond acceptors (Lipinski definition) is 3. The molecule has 0 aliphatic rings. The number of rotatable bonds is 9. The minimum Gasteiger partial charge on any atom is -0.494 e. The Kier molecular flexibility index (Phi) is 7.28. The summed E-state index contributed by atoms with van der Waals surface area (Å²) in [6.07, 6.45) is 1.64. The summed E-state index contributed by atoms with van der Waals surface area (Å²) in [6, 6.07) is 13.7. The van der Waals surface area contributed by atoms with Crippen molar-refractivity contribution in [2.75, 3.05) is 12.4 Å². The van der Waals surface area contributed by atoms with Crippen LogP contribution in [0.15, 0.2) is 48.5 Å². The lowest BCUT2D eigenvalue weighted by molar-refractivity contribution is 0.0697. The van der Waals surface area contributed by atoms with Gasteiger partial charge in [0.05, 0.1) is 12.2 Å². The molecule has 0 radical (unpaired) electrons. The van der Waals surface area contributed by atoms with Crippen LogP contribution in [0.3, 0.4) is 0 Å². The number of carbonyl (C=O) groups is 1. The first-order valence-corrected chi connectivity index (χ1v) is 9.47. The van der Waals surface area contributed by atoms with Crippen molar-refractivity contribution in [3.05, 3.63) is 64.7 Å². The number of carboxylic acids is 1. The van der Waals surface area contributed by atoms with Crippen LogP contribution in [0, 0.1) is 0 Å². The highest BCUT2D eigenvalue weighted by Crippen LogP contribution is 2.16. The van der Waals surface area contributed by atoms with Gasteiger partial charge in [0, 0.05) is 27.3 Å². The molecule has 0 saturated carbocycles. The number of halogens is 1. The van der Waals surface area contributed by atoms with Crippen LogP contribution in [-0.2, 0) is 16.6 Å². The summed E-state index contributed by atoms with van der Waals surface area (Å²) in [5.74, 6) is 0.866. The van der Waals surface area contributed by atoms with Gasteiger partial charge in [-0.15, -0.1) is 0 Å². The summed E-state index contributed by atoms with van der Waals surface area (Å²) in [7, 11) is -0.960. The van der Waals surface area contributed by atoms with Crippen molar-refractivity contribution >= 4 is 28.4 Å². The highest BCUT2D eigenvalue weighted by Gasteiger charge is 2.05. The largest absolute Gasteiger partial charge is 0.494 e. The number of benzene rings is 2. The van der Waals surface area contributed by atoms with Crippen LogP contribution in [0.5, 0.6) is 5.75 Å². The van der Waals surface area contributed by atoms with Gasteiger partial charge in [0.25, 0.3) is 0 Å². The smallest absolute Gasteiger partial charge is 0.335 e. The molecule has 0 saturated heterocycles. The predicted octanol–water partition coefficient (Wildman–Crippen LogP) is 4.15. The van der Waals surface area contributed by atoms with Crippen LogP contribution in [0.25, 0.3) is 0 Å². The fourth-order valence-corrected chi connectivity index (χ4v) is 3.45. The van der Waals surface area contributed by atoms with E-state index in [2.05, 4.69) is 0 Å². The van der Waals surface area contributed by atoms with Crippen molar-refractivity contribution < 1.29 is 18.8 Å². The van der Waals surface area contributed by atoms with Crippen LogP contribution < -0.4 is 4.74 Å². The van der Waals surface area contributed by atoms with Crippen LogP contribution >= 0.6 is 11.6 Å². The average molecular weight is 367 g/mol. The van der Waals surface area contributed by atoms with E-state index in [-0.39, 0.29) is 5.56 Å². The fraction of sp³-hybridized carbons (Fsp3) is 0.278. The molecule has 2 aromatic rings. The highest BCUT2D eigenvalue weighted by molar-refractivity contribution is 7.84. The van der Waals surface area contributed by atoms with Crippen LogP contribution in [-0.4, -0.2) is 27.6 Å². The van der Waals surface area contributed by atoms with Gasteiger partial charge in [-0.3, -0.25) is 4.21 Å². The van der Waals surface area contributed by atoms with Crippen LogP contribution in [0.4, 0.5) is 0 Å². The molecule has 0 aliphatic carbocycles. The van der Waals surface area contributed by atoms with E-state index in [0.717, 1.165) is 24.2 Å². The Labute approximate surface area is 148 Å². The van der Waals surface area contributed by atoms with E-state index in [1.807, 2.05) is 12.1 Å². The van der Waals surface area contributed by atoms with Gasteiger partial charge in [0.2, 0.25) is 0 Å². The van der Waals surface area contributed by atoms with E-state index >= 15 is 0 Å². The van der Waals surface area contributed by atoms with E-state index in [4.69, 9.17) is 21.4 Å². The minimum absolute atomic E-state index is 0.240. The molecule has 4 nitrogen and oxygen atoms in total. The second kappa shape index (κ2) is 9.45. The number of carboxylic acid groups (broad SMARTS) is 1. The molecule has 0 bridgehead atoms. The molecule has 1 atom stereocenters. The van der Waals surface area contributed by atoms with E-state index in [1.165, 1.54) is 12.1 Å². The Balaban J connectivity index is 1.64. The lowest BCUT2D eigenvalue weighted by Crippen LogP contribution is -2.04. The Bertz CT molecular complexity index is 683. The second-order valence-corrected chi connectivity index (χ2v) is 7.31. The molecule has 0 spiro atoms. The van der Waals surface area contributed by atoms with Crippen molar-refractivity contribution in [2.45, 2.75) is 18.6 Å². The fourth-order valence-electron chi connectivity index (χ4n) is 2.09. The van der Waals surface area contributed by atoms with Gasteiger partial charge >= 0.3 is 5.97 Å². The van der Waals surface area contributed by atoms with Crippen LogP contribution in [0.1, 0.15) is 28.8 Å². The van der Waals surface area contributed by atoms with Crippen LogP contribution in [0.2, 0.25) is 5.02 Å². The lowest BCUT2D eigenvalue weighted by Gasteiger charge is -2.06. The maximum absolute atomic E-state index is 12.0. The molecular weight excluding hydrogens is 348 g/mol.